The van der Waals surface area contributed by atoms with Gasteiger partial charge in [0.25, 0.3) is 5.91 Å². The fourth-order valence-electron chi connectivity index (χ4n) is 2.83. The zero-order chi connectivity index (χ0) is 16.5. The van der Waals surface area contributed by atoms with Crippen LogP contribution in [0.1, 0.15) is 30.3 Å². The Hall–Kier alpha value is -2.02. The molecule has 1 aromatic heterocycles. The predicted octanol–water partition coefficient (Wildman–Crippen LogP) is 0.659. The minimum absolute atomic E-state index is 0.204. The van der Waals surface area contributed by atoms with Crippen LogP contribution in [-0.2, 0) is 0 Å². The van der Waals surface area contributed by atoms with Gasteiger partial charge in [-0.25, -0.2) is 0 Å². The third-order valence-electron chi connectivity index (χ3n) is 4.08. The van der Waals surface area contributed by atoms with Gasteiger partial charge in [-0.3, -0.25) is 14.7 Å². The predicted molar refractivity (Wildman–Crippen MR) is 90.7 cm³/mol. The molecule has 128 valence electrons. The van der Waals surface area contributed by atoms with Gasteiger partial charge in [-0.15, -0.1) is 0 Å². The SMILES string of the molecule is CCN1CCCC1CNC(=NC)NCCNC(=O)c1ccco1. The van der Waals surface area contributed by atoms with Gasteiger partial charge in [0, 0.05) is 32.7 Å². The maximum atomic E-state index is 11.7. The van der Waals surface area contributed by atoms with Gasteiger partial charge in [-0.1, -0.05) is 6.92 Å². The number of amides is 1. The highest BCUT2D eigenvalue weighted by Crippen LogP contribution is 2.15. The number of rotatable bonds is 7. The molecule has 2 heterocycles. The average molecular weight is 321 g/mol. The third kappa shape index (κ3) is 5.28. The Morgan fingerprint density at radius 1 is 1.39 bits per heavy atom. The second-order valence-electron chi connectivity index (χ2n) is 5.54. The molecule has 0 saturated carbocycles. The lowest BCUT2D eigenvalue weighted by Crippen LogP contribution is -2.46. The van der Waals surface area contributed by atoms with E-state index in [1.807, 2.05) is 0 Å². The molecule has 0 aromatic carbocycles. The van der Waals surface area contributed by atoms with E-state index in [9.17, 15) is 4.79 Å². The molecule has 7 heteroatoms. The number of carbonyl (C=O) groups excluding carboxylic acids is 1. The number of furan rings is 1. The largest absolute Gasteiger partial charge is 0.459 e. The highest BCUT2D eigenvalue weighted by molar-refractivity contribution is 5.91. The summed E-state index contributed by atoms with van der Waals surface area (Å²) < 4.78 is 5.04. The molecular formula is C16H27N5O2. The molecule has 1 fully saturated rings. The Balaban J connectivity index is 1.62. The van der Waals surface area contributed by atoms with Gasteiger partial charge >= 0.3 is 0 Å². The zero-order valence-electron chi connectivity index (χ0n) is 14.0. The van der Waals surface area contributed by atoms with Crippen LogP contribution in [0.25, 0.3) is 0 Å². The molecule has 1 atom stereocenters. The van der Waals surface area contributed by atoms with E-state index in [0.717, 1.165) is 19.0 Å². The lowest BCUT2D eigenvalue weighted by atomic mass is 10.2. The number of aliphatic imine (C=N–C) groups is 1. The summed E-state index contributed by atoms with van der Waals surface area (Å²) in [7, 11) is 1.75. The van der Waals surface area contributed by atoms with E-state index in [4.69, 9.17) is 4.42 Å². The van der Waals surface area contributed by atoms with Crippen molar-refractivity contribution in [2.75, 3.05) is 39.8 Å². The van der Waals surface area contributed by atoms with Crippen molar-refractivity contribution < 1.29 is 9.21 Å². The molecule has 1 unspecified atom stereocenters. The Morgan fingerprint density at radius 3 is 2.91 bits per heavy atom. The number of hydrogen-bond acceptors (Lipinski definition) is 4. The number of guanidine groups is 1. The van der Waals surface area contributed by atoms with Crippen LogP contribution >= 0.6 is 0 Å². The van der Waals surface area contributed by atoms with Gasteiger partial charge in [0.1, 0.15) is 0 Å². The fraction of sp³-hybridized carbons (Fsp3) is 0.625. The van der Waals surface area contributed by atoms with Crippen LogP contribution in [0.3, 0.4) is 0 Å². The molecule has 3 N–H and O–H groups in total. The summed E-state index contributed by atoms with van der Waals surface area (Å²) in [4.78, 5) is 18.4. The minimum Gasteiger partial charge on any atom is -0.459 e. The van der Waals surface area contributed by atoms with E-state index >= 15 is 0 Å². The normalized spacial score (nSPS) is 18.9. The molecule has 0 bridgehead atoms. The number of likely N-dealkylation sites (tertiary alicyclic amines) is 1. The molecule has 7 nitrogen and oxygen atoms in total. The highest BCUT2D eigenvalue weighted by Gasteiger charge is 2.22. The van der Waals surface area contributed by atoms with E-state index in [1.165, 1.54) is 25.6 Å². The van der Waals surface area contributed by atoms with Crippen molar-refractivity contribution in [3.05, 3.63) is 24.2 Å². The smallest absolute Gasteiger partial charge is 0.287 e. The number of nitrogens with one attached hydrogen (secondary N) is 3. The van der Waals surface area contributed by atoms with Crippen molar-refractivity contribution in [1.82, 2.24) is 20.9 Å². The Labute approximate surface area is 137 Å². The van der Waals surface area contributed by atoms with Gasteiger partial charge < -0.3 is 20.4 Å². The molecule has 23 heavy (non-hydrogen) atoms. The Bertz CT molecular complexity index is 501. The molecule has 2 rings (SSSR count). The molecule has 1 aromatic rings. The standard InChI is InChI=1S/C16H27N5O2/c1-3-21-10-4-6-13(21)12-20-16(17-2)19-9-8-18-15(22)14-7-5-11-23-14/h5,7,11,13H,3-4,6,8-10,12H2,1-2H3,(H,18,22)(H2,17,19,20). The summed E-state index contributed by atoms with van der Waals surface area (Å²) in [6.45, 7) is 6.49. The molecule has 1 saturated heterocycles. The van der Waals surface area contributed by atoms with E-state index in [-0.39, 0.29) is 5.91 Å². The zero-order valence-corrected chi connectivity index (χ0v) is 14.0. The summed E-state index contributed by atoms with van der Waals surface area (Å²) in [5.41, 5.74) is 0. The second-order valence-corrected chi connectivity index (χ2v) is 5.54. The monoisotopic (exact) mass is 321 g/mol. The van der Waals surface area contributed by atoms with Gasteiger partial charge in [-0.2, -0.15) is 0 Å². The van der Waals surface area contributed by atoms with Gasteiger partial charge in [0.05, 0.1) is 6.26 Å². The minimum atomic E-state index is -0.204. The van der Waals surface area contributed by atoms with Crippen LogP contribution in [0.4, 0.5) is 0 Å². The third-order valence-corrected chi connectivity index (χ3v) is 4.08. The number of likely N-dealkylation sites (N-methyl/N-ethyl adjacent to an activating group) is 1. The fourth-order valence-corrected chi connectivity index (χ4v) is 2.83. The van der Waals surface area contributed by atoms with Crippen LogP contribution in [0, 0.1) is 0 Å². The Morgan fingerprint density at radius 2 is 2.22 bits per heavy atom. The average Bonchev–Trinajstić information content (AvgIpc) is 3.25. The van der Waals surface area contributed by atoms with Crippen LogP contribution in [-0.4, -0.2) is 62.6 Å². The summed E-state index contributed by atoms with van der Waals surface area (Å²) in [5.74, 6) is 0.887. The second kappa shape index (κ2) is 9.19. The summed E-state index contributed by atoms with van der Waals surface area (Å²) in [5, 5.41) is 9.35. The van der Waals surface area contributed by atoms with Crippen LogP contribution in [0.2, 0.25) is 0 Å². The first-order valence-electron chi connectivity index (χ1n) is 8.25. The lowest BCUT2D eigenvalue weighted by molar-refractivity contribution is 0.0926. The summed E-state index contributed by atoms with van der Waals surface area (Å²) >= 11 is 0. The molecule has 1 aliphatic rings. The van der Waals surface area contributed by atoms with Crippen molar-refractivity contribution in [2.24, 2.45) is 4.99 Å². The summed E-state index contributed by atoms with van der Waals surface area (Å²) in [6, 6.07) is 3.92. The first-order valence-corrected chi connectivity index (χ1v) is 8.25. The first kappa shape index (κ1) is 17.3. The van der Waals surface area contributed by atoms with E-state index in [1.54, 1.807) is 19.2 Å². The van der Waals surface area contributed by atoms with Gasteiger partial charge in [-0.05, 0) is 38.1 Å². The number of carbonyl (C=O) groups is 1. The summed E-state index contributed by atoms with van der Waals surface area (Å²) in [6.07, 6.45) is 3.99. The number of hydrogen-bond donors (Lipinski definition) is 3. The van der Waals surface area contributed by atoms with E-state index in [2.05, 4.69) is 32.8 Å². The maximum absolute atomic E-state index is 11.7. The van der Waals surface area contributed by atoms with Crippen molar-refractivity contribution in [3.63, 3.8) is 0 Å². The maximum Gasteiger partial charge on any atom is 0.287 e. The van der Waals surface area contributed by atoms with E-state index < -0.39 is 0 Å². The van der Waals surface area contributed by atoms with Crippen molar-refractivity contribution in [3.8, 4) is 0 Å². The molecule has 1 aliphatic heterocycles. The molecule has 0 aliphatic carbocycles. The van der Waals surface area contributed by atoms with Crippen molar-refractivity contribution in [2.45, 2.75) is 25.8 Å². The van der Waals surface area contributed by atoms with Crippen LogP contribution in [0.5, 0.6) is 0 Å². The number of nitrogens with zero attached hydrogens (tertiary/aromatic N) is 2. The van der Waals surface area contributed by atoms with Crippen molar-refractivity contribution in [1.29, 1.82) is 0 Å². The molecular weight excluding hydrogens is 294 g/mol. The van der Waals surface area contributed by atoms with Crippen LogP contribution < -0.4 is 16.0 Å². The highest BCUT2D eigenvalue weighted by atomic mass is 16.3. The molecule has 0 spiro atoms. The van der Waals surface area contributed by atoms with Gasteiger partial charge in [0.2, 0.25) is 0 Å². The lowest BCUT2D eigenvalue weighted by Gasteiger charge is -2.24. The van der Waals surface area contributed by atoms with Gasteiger partial charge in [0.15, 0.2) is 11.7 Å². The van der Waals surface area contributed by atoms with Crippen LogP contribution in [0.15, 0.2) is 27.8 Å². The van der Waals surface area contributed by atoms with Crippen molar-refractivity contribution >= 4 is 11.9 Å². The Kier molecular flexibility index (Phi) is 6.93. The molecule has 1 amide bonds. The quantitative estimate of drug-likeness (QED) is 0.390. The molecule has 0 radical (unpaired) electrons. The first-order chi connectivity index (χ1) is 11.2. The topological polar surface area (TPSA) is 81.9 Å². The van der Waals surface area contributed by atoms with E-state index in [0.29, 0.717) is 24.9 Å².